The number of H-pyrrole nitrogens is 1. The number of rotatable bonds is 1. The molecule has 0 saturated heterocycles. The number of imidazole rings is 1. The first-order valence-electron chi connectivity index (χ1n) is 4.34. The van der Waals surface area contributed by atoms with Gasteiger partial charge in [-0.2, -0.15) is 4.39 Å². The molecule has 74 valence electrons. The van der Waals surface area contributed by atoms with Crippen molar-refractivity contribution >= 4 is 11.2 Å². The van der Waals surface area contributed by atoms with Crippen LogP contribution in [0.3, 0.4) is 0 Å². The molecule has 0 saturated carbocycles. The number of hydrogen-bond donors (Lipinski definition) is 1. The summed E-state index contributed by atoms with van der Waals surface area (Å²) in [6, 6.07) is 4.55. The Morgan fingerprint density at radius 2 is 2.27 bits per heavy atom. The van der Waals surface area contributed by atoms with Gasteiger partial charge in [-0.3, -0.25) is 0 Å². The van der Waals surface area contributed by atoms with Crippen LogP contribution in [0.5, 0.6) is 0 Å². The van der Waals surface area contributed by atoms with Gasteiger partial charge in [-0.15, -0.1) is 5.10 Å². The molecule has 6 heteroatoms. The van der Waals surface area contributed by atoms with Crippen LogP contribution in [-0.2, 0) is 0 Å². The second-order valence-corrected chi connectivity index (χ2v) is 3.03. The van der Waals surface area contributed by atoms with Gasteiger partial charge >= 0.3 is 0 Å². The Morgan fingerprint density at radius 1 is 1.33 bits per heavy atom. The van der Waals surface area contributed by atoms with Crippen molar-refractivity contribution in [3.63, 3.8) is 0 Å². The Balaban J connectivity index is 2.17. The largest absolute Gasteiger partial charge is 0.342 e. The van der Waals surface area contributed by atoms with Crippen LogP contribution in [0.25, 0.3) is 17.0 Å². The molecule has 0 aliphatic heterocycles. The van der Waals surface area contributed by atoms with Crippen LogP contribution in [0, 0.1) is 5.95 Å². The highest BCUT2D eigenvalue weighted by Gasteiger charge is 2.05. The van der Waals surface area contributed by atoms with E-state index in [0.29, 0.717) is 11.5 Å². The minimum absolute atomic E-state index is 0.432. The van der Waals surface area contributed by atoms with E-state index in [9.17, 15) is 4.39 Å². The summed E-state index contributed by atoms with van der Waals surface area (Å²) in [6.07, 6.45) is 3.27. The third-order valence-electron chi connectivity index (χ3n) is 2.04. The van der Waals surface area contributed by atoms with Gasteiger partial charge < -0.3 is 4.98 Å². The van der Waals surface area contributed by atoms with Crippen LogP contribution >= 0.6 is 0 Å². The van der Waals surface area contributed by atoms with E-state index < -0.39 is 5.95 Å². The van der Waals surface area contributed by atoms with E-state index >= 15 is 0 Å². The highest BCUT2D eigenvalue weighted by molar-refractivity contribution is 5.69. The molecule has 0 aromatic carbocycles. The van der Waals surface area contributed by atoms with Gasteiger partial charge in [0.25, 0.3) is 0 Å². The van der Waals surface area contributed by atoms with E-state index in [4.69, 9.17) is 0 Å². The molecule has 3 heterocycles. The Kier molecular flexibility index (Phi) is 1.55. The summed E-state index contributed by atoms with van der Waals surface area (Å²) >= 11 is 0. The van der Waals surface area contributed by atoms with E-state index in [0.717, 1.165) is 5.52 Å². The number of pyridine rings is 1. The summed E-state index contributed by atoms with van der Waals surface area (Å²) in [7, 11) is 0. The van der Waals surface area contributed by atoms with Gasteiger partial charge in [0.2, 0.25) is 5.95 Å². The maximum Gasteiger partial charge on any atom is 0.214 e. The van der Waals surface area contributed by atoms with Gasteiger partial charge in [0.1, 0.15) is 5.52 Å². The molecule has 0 aliphatic carbocycles. The zero-order valence-electron chi connectivity index (χ0n) is 7.55. The van der Waals surface area contributed by atoms with Crippen molar-refractivity contribution in [3.8, 4) is 5.82 Å². The van der Waals surface area contributed by atoms with Gasteiger partial charge in [0, 0.05) is 0 Å². The van der Waals surface area contributed by atoms with Gasteiger partial charge in [0.15, 0.2) is 11.5 Å². The Bertz CT molecular complexity index is 583. The van der Waals surface area contributed by atoms with E-state index in [1.165, 1.54) is 10.7 Å². The van der Waals surface area contributed by atoms with Crippen molar-refractivity contribution in [2.45, 2.75) is 0 Å². The molecule has 1 N–H and O–H groups in total. The highest BCUT2D eigenvalue weighted by Crippen LogP contribution is 2.10. The van der Waals surface area contributed by atoms with Crippen LogP contribution in [0.4, 0.5) is 4.39 Å². The van der Waals surface area contributed by atoms with Gasteiger partial charge in [-0.25, -0.2) is 14.6 Å². The maximum atomic E-state index is 12.9. The summed E-state index contributed by atoms with van der Waals surface area (Å²) in [6.45, 7) is 0. The second kappa shape index (κ2) is 2.88. The minimum Gasteiger partial charge on any atom is -0.342 e. The van der Waals surface area contributed by atoms with Crippen molar-refractivity contribution in [2.75, 3.05) is 0 Å². The van der Waals surface area contributed by atoms with Crippen molar-refractivity contribution in [3.05, 3.63) is 36.7 Å². The molecule has 0 atom stereocenters. The fourth-order valence-corrected chi connectivity index (χ4v) is 1.37. The average molecular weight is 203 g/mol. The standard InChI is InChI=1S/C9H6FN5/c10-7-2-1-3-8(13-7)15-4-6-9(14-15)12-5-11-6/h1-5H,(H,11,12,14). The second-order valence-electron chi connectivity index (χ2n) is 3.03. The molecule has 0 spiro atoms. The molecular weight excluding hydrogens is 197 g/mol. The first kappa shape index (κ1) is 8.10. The summed E-state index contributed by atoms with van der Waals surface area (Å²) in [5.74, 6) is -0.0963. The lowest BCUT2D eigenvalue weighted by Crippen LogP contribution is -1.99. The topological polar surface area (TPSA) is 59.4 Å². The van der Waals surface area contributed by atoms with Crippen LogP contribution in [-0.4, -0.2) is 24.7 Å². The fourth-order valence-electron chi connectivity index (χ4n) is 1.37. The first-order valence-corrected chi connectivity index (χ1v) is 4.34. The number of aromatic nitrogens is 5. The Morgan fingerprint density at radius 3 is 3.07 bits per heavy atom. The number of aromatic amines is 1. The predicted molar refractivity (Wildman–Crippen MR) is 51.0 cm³/mol. The third-order valence-corrected chi connectivity index (χ3v) is 2.04. The van der Waals surface area contributed by atoms with E-state index in [1.54, 1.807) is 24.7 Å². The van der Waals surface area contributed by atoms with Crippen LogP contribution < -0.4 is 0 Å². The molecule has 5 nitrogen and oxygen atoms in total. The SMILES string of the molecule is Fc1cccc(-n2cc3[nH]cnc3n2)n1. The summed E-state index contributed by atoms with van der Waals surface area (Å²) < 4.78 is 14.3. The number of nitrogens with one attached hydrogen (secondary N) is 1. The van der Waals surface area contributed by atoms with Crippen molar-refractivity contribution in [1.29, 1.82) is 0 Å². The van der Waals surface area contributed by atoms with Crippen molar-refractivity contribution < 1.29 is 4.39 Å². The smallest absolute Gasteiger partial charge is 0.214 e. The molecular formula is C9H6FN5. The van der Waals surface area contributed by atoms with Gasteiger partial charge in [-0.1, -0.05) is 6.07 Å². The molecule has 0 radical (unpaired) electrons. The lowest BCUT2D eigenvalue weighted by Gasteiger charge is -1.97. The quantitative estimate of drug-likeness (QED) is 0.606. The zero-order valence-corrected chi connectivity index (χ0v) is 7.55. The monoisotopic (exact) mass is 203 g/mol. The van der Waals surface area contributed by atoms with Gasteiger partial charge in [-0.05, 0) is 12.1 Å². The zero-order chi connectivity index (χ0) is 10.3. The van der Waals surface area contributed by atoms with Crippen molar-refractivity contribution in [2.24, 2.45) is 0 Å². The first-order chi connectivity index (χ1) is 7.33. The van der Waals surface area contributed by atoms with Crippen LogP contribution in [0.15, 0.2) is 30.7 Å². The van der Waals surface area contributed by atoms with Gasteiger partial charge in [0.05, 0.1) is 12.5 Å². The molecule has 0 unspecified atom stereocenters. The lowest BCUT2D eigenvalue weighted by atomic mass is 10.4. The number of fused-ring (bicyclic) bond motifs is 1. The Labute approximate surface area is 83.6 Å². The lowest BCUT2D eigenvalue weighted by molar-refractivity contribution is 0.577. The number of nitrogens with zero attached hydrogens (tertiary/aromatic N) is 4. The molecule has 15 heavy (non-hydrogen) atoms. The summed E-state index contributed by atoms with van der Waals surface area (Å²) in [5, 5.41) is 4.13. The summed E-state index contributed by atoms with van der Waals surface area (Å²) in [5.41, 5.74) is 1.38. The normalized spacial score (nSPS) is 11.0. The van der Waals surface area contributed by atoms with Crippen molar-refractivity contribution in [1.82, 2.24) is 24.7 Å². The Hall–Kier alpha value is -2.24. The fraction of sp³-hybridized carbons (Fsp3) is 0. The predicted octanol–water partition coefficient (Wildman–Crippen LogP) is 1.28. The molecule has 0 amide bonds. The third kappa shape index (κ3) is 1.26. The minimum atomic E-state index is -0.528. The maximum absolute atomic E-state index is 12.9. The number of hydrogen-bond acceptors (Lipinski definition) is 3. The molecule has 3 aromatic rings. The van der Waals surface area contributed by atoms with Crippen LogP contribution in [0.2, 0.25) is 0 Å². The molecule has 0 bridgehead atoms. The molecule has 3 aromatic heterocycles. The molecule has 0 aliphatic rings. The number of halogens is 1. The van der Waals surface area contributed by atoms with E-state index in [1.807, 2.05) is 0 Å². The summed E-state index contributed by atoms with van der Waals surface area (Å²) in [4.78, 5) is 10.6. The van der Waals surface area contributed by atoms with Crippen LogP contribution in [0.1, 0.15) is 0 Å². The molecule has 3 rings (SSSR count). The van der Waals surface area contributed by atoms with E-state index in [2.05, 4.69) is 20.1 Å². The van der Waals surface area contributed by atoms with E-state index in [-0.39, 0.29) is 0 Å². The highest BCUT2D eigenvalue weighted by atomic mass is 19.1. The molecule has 0 fully saturated rings. The average Bonchev–Trinajstić information content (AvgIpc) is 2.76.